The lowest BCUT2D eigenvalue weighted by molar-refractivity contribution is 0.0596. The first-order valence-corrected chi connectivity index (χ1v) is 4.26. The Labute approximate surface area is 86.4 Å². The van der Waals surface area contributed by atoms with E-state index < -0.39 is 5.97 Å². The molecular formula is C8H13N3O4. The number of methoxy groups -OCH3 is 1. The van der Waals surface area contributed by atoms with Gasteiger partial charge in [0.1, 0.15) is 12.4 Å². The van der Waals surface area contributed by atoms with Crippen molar-refractivity contribution in [1.29, 1.82) is 0 Å². The molecule has 0 spiro atoms. The minimum absolute atomic E-state index is 0.0421. The van der Waals surface area contributed by atoms with Crippen LogP contribution in [0.3, 0.4) is 0 Å². The zero-order valence-electron chi connectivity index (χ0n) is 8.56. The van der Waals surface area contributed by atoms with Gasteiger partial charge in [0, 0.05) is 7.05 Å². The summed E-state index contributed by atoms with van der Waals surface area (Å²) in [6, 6.07) is 0. The van der Waals surface area contributed by atoms with Crippen molar-refractivity contribution < 1.29 is 19.4 Å². The van der Waals surface area contributed by atoms with Gasteiger partial charge in [-0.15, -0.1) is 5.10 Å². The summed E-state index contributed by atoms with van der Waals surface area (Å²) in [6.07, 6.45) is 0. The lowest BCUT2D eigenvalue weighted by Crippen LogP contribution is -2.09. The molecule has 0 saturated carbocycles. The Morgan fingerprint density at radius 2 is 2.33 bits per heavy atom. The molecule has 0 radical (unpaired) electrons. The molecule has 1 heterocycles. The standard InChI is InChI=1S/C8H13N3O4/c1-11-6(9)5(8(13)14-2)7(10-11)15-4-3-12/h12H,3-4,9H2,1-2H3. The van der Waals surface area contributed by atoms with E-state index in [1.54, 1.807) is 7.05 Å². The Hall–Kier alpha value is -1.76. The van der Waals surface area contributed by atoms with E-state index in [9.17, 15) is 4.79 Å². The average molecular weight is 215 g/mol. The van der Waals surface area contributed by atoms with Crippen LogP contribution in [0.15, 0.2) is 0 Å². The van der Waals surface area contributed by atoms with Crippen molar-refractivity contribution in [2.75, 3.05) is 26.1 Å². The summed E-state index contributed by atoms with van der Waals surface area (Å²) < 4.78 is 10.9. The molecule has 84 valence electrons. The van der Waals surface area contributed by atoms with Gasteiger partial charge < -0.3 is 20.3 Å². The van der Waals surface area contributed by atoms with Crippen molar-refractivity contribution in [1.82, 2.24) is 9.78 Å². The van der Waals surface area contributed by atoms with Gasteiger partial charge in [0.15, 0.2) is 5.56 Å². The predicted octanol–water partition coefficient (Wildman–Crippen LogP) is -0.840. The van der Waals surface area contributed by atoms with Crippen molar-refractivity contribution in [3.8, 4) is 5.88 Å². The van der Waals surface area contributed by atoms with E-state index in [1.807, 2.05) is 0 Å². The third kappa shape index (κ3) is 2.18. The molecule has 0 saturated heterocycles. The summed E-state index contributed by atoms with van der Waals surface area (Å²) in [5.74, 6) is -0.390. The highest BCUT2D eigenvalue weighted by molar-refractivity contribution is 5.96. The van der Waals surface area contributed by atoms with E-state index in [0.29, 0.717) is 0 Å². The number of esters is 1. The molecule has 0 aliphatic heterocycles. The van der Waals surface area contributed by atoms with Crippen molar-refractivity contribution in [3.63, 3.8) is 0 Å². The van der Waals surface area contributed by atoms with Crippen molar-refractivity contribution in [3.05, 3.63) is 5.56 Å². The Kier molecular flexibility index (Phi) is 3.51. The van der Waals surface area contributed by atoms with Crippen LogP contribution in [-0.2, 0) is 11.8 Å². The van der Waals surface area contributed by atoms with Crippen molar-refractivity contribution in [2.24, 2.45) is 7.05 Å². The number of nitrogens with two attached hydrogens (primary N) is 1. The Bertz CT molecular complexity index is 361. The number of aliphatic hydroxyl groups excluding tert-OH is 1. The molecule has 3 N–H and O–H groups in total. The molecule has 0 unspecified atom stereocenters. The molecule has 0 aromatic carbocycles. The zero-order chi connectivity index (χ0) is 11.4. The fourth-order valence-electron chi connectivity index (χ4n) is 1.05. The van der Waals surface area contributed by atoms with E-state index in [-0.39, 0.29) is 30.5 Å². The SMILES string of the molecule is COC(=O)c1c(OCCO)nn(C)c1N. The third-order valence-corrected chi connectivity index (χ3v) is 1.78. The van der Waals surface area contributed by atoms with Crippen LogP contribution in [0, 0.1) is 0 Å². The second-order valence-corrected chi connectivity index (χ2v) is 2.75. The number of carbonyl (C=O) groups excluding carboxylic acids is 1. The van der Waals surface area contributed by atoms with Gasteiger partial charge in [-0.3, -0.25) is 0 Å². The maximum atomic E-state index is 11.3. The van der Waals surface area contributed by atoms with E-state index in [0.717, 1.165) is 0 Å². The smallest absolute Gasteiger partial charge is 0.347 e. The molecule has 0 aliphatic carbocycles. The number of aromatic nitrogens is 2. The molecule has 0 atom stereocenters. The molecule has 0 bridgehead atoms. The molecular weight excluding hydrogens is 202 g/mol. The second-order valence-electron chi connectivity index (χ2n) is 2.75. The number of hydrogen-bond donors (Lipinski definition) is 2. The number of anilines is 1. The Morgan fingerprint density at radius 3 is 2.87 bits per heavy atom. The average Bonchev–Trinajstić information content (AvgIpc) is 2.51. The first-order valence-electron chi connectivity index (χ1n) is 4.26. The van der Waals surface area contributed by atoms with Crippen LogP contribution in [0.1, 0.15) is 10.4 Å². The topological polar surface area (TPSA) is 99.6 Å². The first-order chi connectivity index (χ1) is 7.11. The zero-order valence-corrected chi connectivity index (χ0v) is 8.56. The number of nitrogen functional groups attached to an aromatic ring is 1. The maximum Gasteiger partial charge on any atom is 0.347 e. The largest absolute Gasteiger partial charge is 0.474 e. The fourth-order valence-corrected chi connectivity index (χ4v) is 1.05. The minimum Gasteiger partial charge on any atom is -0.474 e. The van der Waals surface area contributed by atoms with Gasteiger partial charge in [0.25, 0.3) is 0 Å². The van der Waals surface area contributed by atoms with Gasteiger partial charge in [-0.05, 0) is 0 Å². The minimum atomic E-state index is -0.617. The van der Waals surface area contributed by atoms with Gasteiger partial charge >= 0.3 is 5.97 Å². The highest BCUT2D eigenvalue weighted by Crippen LogP contribution is 2.23. The fraction of sp³-hybridized carbons (Fsp3) is 0.500. The number of ether oxygens (including phenoxy) is 2. The van der Waals surface area contributed by atoms with Crippen molar-refractivity contribution >= 4 is 11.8 Å². The molecule has 7 nitrogen and oxygen atoms in total. The summed E-state index contributed by atoms with van der Waals surface area (Å²) in [7, 11) is 2.82. The predicted molar refractivity (Wildman–Crippen MR) is 51.5 cm³/mol. The lowest BCUT2D eigenvalue weighted by atomic mass is 10.3. The molecule has 1 aromatic rings. The summed E-state index contributed by atoms with van der Waals surface area (Å²) >= 11 is 0. The third-order valence-electron chi connectivity index (χ3n) is 1.78. The molecule has 15 heavy (non-hydrogen) atoms. The number of hydrogen-bond acceptors (Lipinski definition) is 6. The van der Waals surface area contributed by atoms with Crippen LogP contribution in [0.4, 0.5) is 5.82 Å². The molecule has 7 heteroatoms. The van der Waals surface area contributed by atoms with Gasteiger partial charge in [0.2, 0.25) is 5.88 Å². The van der Waals surface area contributed by atoms with Gasteiger partial charge in [0.05, 0.1) is 13.7 Å². The number of carbonyl (C=O) groups is 1. The van der Waals surface area contributed by atoms with E-state index >= 15 is 0 Å². The van der Waals surface area contributed by atoms with Crippen LogP contribution < -0.4 is 10.5 Å². The molecule has 0 amide bonds. The van der Waals surface area contributed by atoms with E-state index in [2.05, 4.69) is 9.84 Å². The van der Waals surface area contributed by atoms with Gasteiger partial charge in [-0.25, -0.2) is 9.48 Å². The number of rotatable bonds is 4. The second kappa shape index (κ2) is 4.65. The number of aliphatic hydroxyl groups is 1. The van der Waals surface area contributed by atoms with E-state index in [1.165, 1.54) is 11.8 Å². The maximum absolute atomic E-state index is 11.3. The monoisotopic (exact) mass is 215 g/mol. The highest BCUT2D eigenvalue weighted by atomic mass is 16.5. The van der Waals surface area contributed by atoms with Crippen LogP contribution in [0.5, 0.6) is 5.88 Å². The van der Waals surface area contributed by atoms with E-state index in [4.69, 9.17) is 15.6 Å². The van der Waals surface area contributed by atoms with Crippen LogP contribution >= 0.6 is 0 Å². The molecule has 0 fully saturated rings. The summed E-state index contributed by atoms with van der Waals surface area (Å²) in [5, 5.41) is 12.5. The lowest BCUT2D eigenvalue weighted by Gasteiger charge is -2.02. The van der Waals surface area contributed by atoms with Crippen LogP contribution in [-0.4, -0.2) is 41.2 Å². The first kappa shape index (κ1) is 11.3. The van der Waals surface area contributed by atoms with Crippen LogP contribution in [0.25, 0.3) is 0 Å². The van der Waals surface area contributed by atoms with Gasteiger partial charge in [-0.1, -0.05) is 0 Å². The van der Waals surface area contributed by atoms with Gasteiger partial charge in [-0.2, -0.15) is 0 Å². The van der Waals surface area contributed by atoms with Crippen LogP contribution in [0.2, 0.25) is 0 Å². The quantitative estimate of drug-likeness (QED) is 0.635. The summed E-state index contributed by atoms with van der Waals surface area (Å²) in [6.45, 7) is -0.127. The Balaban J connectivity index is 3.03. The summed E-state index contributed by atoms with van der Waals surface area (Å²) in [5.41, 5.74) is 5.69. The van der Waals surface area contributed by atoms with Crippen molar-refractivity contribution in [2.45, 2.75) is 0 Å². The molecule has 0 aliphatic rings. The number of aryl methyl sites for hydroxylation is 1. The summed E-state index contributed by atoms with van der Waals surface area (Å²) in [4.78, 5) is 11.3. The Morgan fingerprint density at radius 1 is 1.67 bits per heavy atom. The normalized spacial score (nSPS) is 10.1. The number of nitrogens with zero attached hydrogens (tertiary/aromatic N) is 2. The highest BCUT2D eigenvalue weighted by Gasteiger charge is 2.22. The molecule has 1 rings (SSSR count). The molecule has 1 aromatic heterocycles.